The van der Waals surface area contributed by atoms with Gasteiger partial charge in [0.2, 0.25) is 0 Å². The lowest BCUT2D eigenvalue weighted by Gasteiger charge is -2.37. The smallest absolute Gasteiger partial charge is 0.125 e. The Labute approximate surface area is 135 Å². The van der Waals surface area contributed by atoms with Gasteiger partial charge in [-0.25, -0.2) is 0 Å². The van der Waals surface area contributed by atoms with Gasteiger partial charge in [0.25, 0.3) is 0 Å². The highest BCUT2D eigenvalue weighted by atomic mass is 35.5. The van der Waals surface area contributed by atoms with E-state index >= 15 is 0 Å². The van der Waals surface area contributed by atoms with Gasteiger partial charge in [-0.1, -0.05) is 23.2 Å². The number of hydrogen-bond donors (Lipinski definition) is 2. The van der Waals surface area contributed by atoms with Crippen molar-refractivity contribution in [1.82, 2.24) is 4.90 Å². The summed E-state index contributed by atoms with van der Waals surface area (Å²) in [7, 11) is 1.62. The Morgan fingerprint density at radius 3 is 2.48 bits per heavy atom. The fraction of sp³-hybridized carbons (Fsp3) is 0.600. The highest BCUT2D eigenvalue weighted by molar-refractivity contribution is 6.42. The number of aliphatic hydroxyl groups excluding tert-OH is 1. The molecule has 1 unspecified atom stereocenters. The first-order valence-corrected chi connectivity index (χ1v) is 7.94. The summed E-state index contributed by atoms with van der Waals surface area (Å²) in [6.45, 7) is 2.57. The first-order valence-electron chi connectivity index (χ1n) is 7.18. The van der Waals surface area contributed by atoms with Crippen LogP contribution >= 0.6 is 23.2 Å². The maximum absolute atomic E-state index is 9.24. The molecule has 0 aromatic heterocycles. The van der Waals surface area contributed by atoms with Gasteiger partial charge in [0.05, 0.1) is 23.2 Å². The van der Waals surface area contributed by atoms with Crippen LogP contribution in [0.25, 0.3) is 0 Å². The molecule has 0 aliphatic carbocycles. The van der Waals surface area contributed by atoms with Gasteiger partial charge in [-0.2, -0.15) is 0 Å². The molecule has 1 fully saturated rings. The van der Waals surface area contributed by atoms with Gasteiger partial charge < -0.3 is 15.6 Å². The van der Waals surface area contributed by atoms with E-state index < -0.39 is 0 Å². The molecule has 1 saturated heterocycles. The molecule has 1 heterocycles. The minimum absolute atomic E-state index is 0.0503. The summed E-state index contributed by atoms with van der Waals surface area (Å²) >= 11 is 12.2. The number of hydrogen-bond acceptors (Lipinski definition) is 4. The molecular weight excluding hydrogens is 311 g/mol. The average molecular weight is 333 g/mol. The van der Waals surface area contributed by atoms with Crippen molar-refractivity contribution in [2.75, 3.05) is 33.4 Å². The van der Waals surface area contributed by atoms with Crippen LogP contribution in [0.1, 0.15) is 24.4 Å². The molecular formula is C15H22Cl2N2O2. The van der Waals surface area contributed by atoms with Crippen molar-refractivity contribution in [3.05, 3.63) is 27.7 Å². The van der Waals surface area contributed by atoms with Crippen LogP contribution < -0.4 is 10.5 Å². The zero-order valence-electron chi connectivity index (χ0n) is 12.2. The summed E-state index contributed by atoms with van der Waals surface area (Å²) < 4.78 is 5.43. The Bertz CT molecular complexity index is 477. The minimum atomic E-state index is 0.0503. The van der Waals surface area contributed by atoms with Gasteiger partial charge in [-0.05, 0) is 37.9 Å². The number of likely N-dealkylation sites (tertiary alicyclic amines) is 1. The highest BCUT2D eigenvalue weighted by Gasteiger charge is 2.27. The van der Waals surface area contributed by atoms with Crippen LogP contribution in [0.2, 0.25) is 10.0 Å². The lowest BCUT2D eigenvalue weighted by molar-refractivity contribution is 0.101. The fourth-order valence-electron chi connectivity index (χ4n) is 2.90. The largest absolute Gasteiger partial charge is 0.496 e. The van der Waals surface area contributed by atoms with Crippen molar-refractivity contribution in [3.63, 3.8) is 0 Å². The molecule has 21 heavy (non-hydrogen) atoms. The molecule has 3 N–H and O–H groups in total. The fourth-order valence-corrected chi connectivity index (χ4v) is 3.23. The van der Waals surface area contributed by atoms with Gasteiger partial charge in [0.1, 0.15) is 5.75 Å². The molecule has 0 saturated carbocycles. The Morgan fingerprint density at radius 1 is 1.33 bits per heavy atom. The van der Waals surface area contributed by atoms with Gasteiger partial charge in [-0.3, -0.25) is 4.90 Å². The van der Waals surface area contributed by atoms with Gasteiger partial charge in [0, 0.05) is 24.8 Å². The van der Waals surface area contributed by atoms with Crippen molar-refractivity contribution < 1.29 is 9.84 Å². The second-order valence-corrected chi connectivity index (χ2v) is 6.24. The first-order chi connectivity index (χ1) is 10.1. The van der Waals surface area contributed by atoms with E-state index in [9.17, 15) is 5.11 Å². The molecule has 118 valence electrons. The molecule has 1 atom stereocenters. The molecule has 0 amide bonds. The Hall–Kier alpha value is -0.520. The van der Waals surface area contributed by atoms with Crippen LogP contribution in [0.3, 0.4) is 0 Å². The van der Waals surface area contributed by atoms with Crippen molar-refractivity contribution in [2.45, 2.75) is 18.9 Å². The number of methoxy groups -OCH3 is 1. The summed E-state index contributed by atoms with van der Waals surface area (Å²) in [5, 5.41) is 10.2. The zero-order valence-corrected chi connectivity index (χ0v) is 13.7. The second-order valence-electron chi connectivity index (χ2n) is 5.42. The third-order valence-electron chi connectivity index (χ3n) is 4.20. The minimum Gasteiger partial charge on any atom is -0.496 e. The normalized spacial score (nSPS) is 18.7. The average Bonchev–Trinajstić information content (AvgIpc) is 2.51. The van der Waals surface area contributed by atoms with Crippen LogP contribution in [0, 0.1) is 5.92 Å². The Kier molecular flexibility index (Phi) is 6.14. The number of benzene rings is 1. The summed E-state index contributed by atoms with van der Waals surface area (Å²) in [4.78, 5) is 2.33. The van der Waals surface area contributed by atoms with E-state index in [0.29, 0.717) is 28.3 Å². The number of piperidine rings is 1. The Balaban J connectivity index is 2.23. The molecule has 0 bridgehead atoms. The molecule has 1 aliphatic rings. The predicted octanol–water partition coefficient (Wildman–Crippen LogP) is 2.71. The van der Waals surface area contributed by atoms with Crippen molar-refractivity contribution in [2.24, 2.45) is 11.7 Å². The third kappa shape index (κ3) is 3.82. The van der Waals surface area contributed by atoms with E-state index in [-0.39, 0.29) is 12.6 Å². The molecule has 6 heteroatoms. The van der Waals surface area contributed by atoms with Crippen molar-refractivity contribution >= 4 is 23.2 Å². The SMILES string of the molecule is COc1cc(Cl)c(Cl)cc1C(CN)N1CCC(CO)CC1. The van der Waals surface area contributed by atoms with E-state index in [4.69, 9.17) is 33.7 Å². The zero-order chi connectivity index (χ0) is 15.4. The molecule has 1 aromatic carbocycles. The van der Waals surface area contributed by atoms with E-state index in [1.807, 2.05) is 6.07 Å². The third-order valence-corrected chi connectivity index (χ3v) is 4.93. The topological polar surface area (TPSA) is 58.7 Å². The van der Waals surface area contributed by atoms with Gasteiger partial charge in [-0.15, -0.1) is 0 Å². The monoisotopic (exact) mass is 332 g/mol. The number of rotatable bonds is 5. The predicted molar refractivity (Wildman–Crippen MR) is 86.2 cm³/mol. The van der Waals surface area contributed by atoms with Crippen molar-refractivity contribution in [3.8, 4) is 5.75 Å². The van der Waals surface area contributed by atoms with Crippen LogP contribution in [0.5, 0.6) is 5.75 Å². The number of nitrogens with two attached hydrogens (primary N) is 1. The number of aliphatic hydroxyl groups is 1. The number of ether oxygens (including phenoxy) is 1. The summed E-state index contributed by atoms with van der Waals surface area (Å²) in [5.41, 5.74) is 6.96. The van der Waals surface area contributed by atoms with Gasteiger partial charge >= 0.3 is 0 Å². The molecule has 0 spiro atoms. The summed E-state index contributed by atoms with van der Waals surface area (Å²) in [6, 6.07) is 3.63. The quantitative estimate of drug-likeness (QED) is 0.870. The second kappa shape index (κ2) is 7.65. The molecule has 1 aliphatic heterocycles. The van der Waals surface area contributed by atoms with Gasteiger partial charge in [0.15, 0.2) is 0 Å². The van der Waals surface area contributed by atoms with E-state index in [2.05, 4.69) is 4.90 Å². The number of halogens is 2. The van der Waals surface area contributed by atoms with E-state index in [1.165, 1.54) is 0 Å². The van der Waals surface area contributed by atoms with E-state index in [0.717, 1.165) is 31.5 Å². The molecule has 0 radical (unpaired) electrons. The molecule has 2 rings (SSSR count). The highest BCUT2D eigenvalue weighted by Crippen LogP contribution is 2.37. The van der Waals surface area contributed by atoms with Crippen LogP contribution in [-0.4, -0.2) is 43.4 Å². The van der Waals surface area contributed by atoms with Crippen LogP contribution in [0.4, 0.5) is 0 Å². The van der Waals surface area contributed by atoms with Crippen LogP contribution in [0.15, 0.2) is 12.1 Å². The summed E-state index contributed by atoms with van der Waals surface area (Å²) in [6.07, 6.45) is 1.97. The van der Waals surface area contributed by atoms with Crippen molar-refractivity contribution in [1.29, 1.82) is 0 Å². The van der Waals surface area contributed by atoms with E-state index in [1.54, 1.807) is 13.2 Å². The number of nitrogens with zero attached hydrogens (tertiary/aromatic N) is 1. The molecule has 4 nitrogen and oxygen atoms in total. The first kappa shape index (κ1) is 16.8. The maximum Gasteiger partial charge on any atom is 0.125 e. The Morgan fingerprint density at radius 2 is 1.95 bits per heavy atom. The lowest BCUT2D eigenvalue weighted by Crippen LogP contribution is -2.40. The standard InChI is InChI=1S/C15H22Cl2N2O2/c1-21-15-7-13(17)12(16)6-11(15)14(8-18)19-4-2-10(9-20)3-5-19/h6-7,10,14,20H,2-5,8-9,18H2,1H3. The summed E-state index contributed by atoms with van der Waals surface area (Å²) in [5.74, 6) is 1.11. The van der Waals surface area contributed by atoms with Crippen LogP contribution in [-0.2, 0) is 0 Å². The maximum atomic E-state index is 9.24. The lowest BCUT2D eigenvalue weighted by atomic mass is 9.94. The molecule has 1 aromatic rings.